The number of hydrogen-bond donors (Lipinski definition) is 2. The molecule has 4 nitrogen and oxygen atoms in total. The molecular weight excluding hydrogens is 304 g/mol. The molecule has 0 aliphatic carbocycles. The number of aliphatic imine (C=N–C) groups is 1. The second-order valence-electron chi connectivity index (χ2n) is 5.02. The van der Waals surface area contributed by atoms with E-state index in [0.717, 1.165) is 32.0 Å². The van der Waals surface area contributed by atoms with Gasteiger partial charge in [-0.05, 0) is 43.6 Å². The molecule has 0 aromatic carbocycles. The van der Waals surface area contributed by atoms with Gasteiger partial charge in [-0.3, -0.25) is 4.99 Å². The van der Waals surface area contributed by atoms with E-state index in [9.17, 15) is 0 Å². The average Bonchev–Trinajstić information content (AvgIpc) is 3.00. The van der Waals surface area contributed by atoms with E-state index >= 15 is 0 Å². The van der Waals surface area contributed by atoms with Gasteiger partial charge in [0, 0.05) is 24.5 Å². The minimum atomic E-state index is 0.538. The topological polar surface area (TPSA) is 49.3 Å². The van der Waals surface area contributed by atoms with Gasteiger partial charge in [0.05, 0.1) is 6.54 Å². The third-order valence-electron chi connectivity index (χ3n) is 3.32. The van der Waals surface area contributed by atoms with Crippen molar-refractivity contribution in [3.05, 3.63) is 29.0 Å². The largest absolute Gasteiger partial charge is 0.357 e. The van der Waals surface area contributed by atoms with Crippen LogP contribution >= 0.6 is 23.4 Å². The van der Waals surface area contributed by atoms with E-state index in [4.69, 9.17) is 11.6 Å². The molecular formula is C15H23ClN4S. The molecule has 0 spiro atoms. The van der Waals surface area contributed by atoms with Gasteiger partial charge >= 0.3 is 0 Å². The highest BCUT2D eigenvalue weighted by Gasteiger charge is 2.14. The van der Waals surface area contributed by atoms with Gasteiger partial charge in [-0.25, -0.2) is 4.98 Å². The van der Waals surface area contributed by atoms with Gasteiger partial charge in [-0.15, -0.1) is 0 Å². The Morgan fingerprint density at radius 2 is 2.38 bits per heavy atom. The van der Waals surface area contributed by atoms with E-state index < -0.39 is 0 Å². The Morgan fingerprint density at radius 1 is 1.48 bits per heavy atom. The van der Waals surface area contributed by atoms with Crippen LogP contribution in [0.5, 0.6) is 0 Å². The average molecular weight is 327 g/mol. The first-order valence-corrected chi connectivity index (χ1v) is 8.95. The normalized spacial score (nSPS) is 18.8. The van der Waals surface area contributed by atoms with Crippen LogP contribution in [0.15, 0.2) is 23.3 Å². The monoisotopic (exact) mass is 326 g/mol. The van der Waals surface area contributed by atoms with E-state index in [2.05, 4.69) is 27.5 Å². The van der Waals surface area contributed by atoms with E-state index in [-0.39, 0.29) is 0 Å². The van der Waals surface area contributed by atoms with Crippen LogP contribution in [0, 0.1) is 0 Å². The highest BCUT2D eigenvalue weighted by atomic mass is 35.5. The molecule has 1 saturated heterocycles. The van der Waals surface area contributed by atoms with Crippen molar-refractivity contribution in [3.63, 3.8) is 0 Å². The Kier molecular flexibility index (Phi) is 7.16. The van der Waals surface area contributed by atoms with Crippen LogP contribution in [0.2, 0.25) is 5.15 Å². The maximum atomic E-state index is 5.78. The minimum Gasteiger partial charge on any atom is -0.357 e. The molecule has 116 valence electrons. The molecule has 1 aromatic heterocycles. The summed E-state index contributed by atoms with van der Waals surface area (Å²) in [4.78, 5) is 8.77. The molecule has 0 bridgehead atoms. The summed E-state index contributed by atoms with van der Waals surface area (Å²) >= 11 is 7.82. The fraction of sp³-hybridized carbons (Fsp3) is 0.600. The molecule has 1 aliphatic heterocycles. The van der Waals surface area contributed by atoms with Gasteiger partial charge in [0.25, 0.3) is 0 Å². The van der Waals surface area contributed by atoms with Crippen LogP contribution in [-0.2, 0) is 6.42 Å². The summed E-state index contributed by atoms with van der Waals surface area (Å²) in [6, 6.07) is 3.84. The predicted molar refractivity (Wildman–Crippen MR) is 92.4 cm³/mol. The molecule has 1 atom stereocenters. The van der Waals surface area contributed by atoms with E-state index in [0.29, 0.717) is 10.4 Å². The number of aromatic nitrogens is 1. The Balaban J connectivity index is 1.76. The number of halogens is 1. The summed E-state index contributed by atoms with van der Waals surface area (Å²) in [7, 11) is 0. The minimum absolute atomic E-state index is 0.538. The second kappa shape index (κ2) is 9.15. The van der Waals surface area contributed by atoms with Gasteiger partial charge in [0.1, 0.15) is 5.15 Å². The summed E-state index contributed by atoms with van der Waals surface area (Å²) in [5.41, 5.74) is 1.18. The molecule has 1 fully saturated rings. The number of pyridine rings is 1. The lowest BCUT2D eigenvalue weighted by molar-refractivity contribution is 0.760. The standard InChI is InChI=1S/C15H23ClN4S/c1-2-17-15(20-11-13-4-3-9-21-13)18-8-7-12-5-6-14(16)19-10-12/h5-6,10,13H,2-4,7-9,11H2,1H3,(H2,17,18,20). The fourth-order valence-electron chi connectivity index (χ4n) is 2.20. The Morgan fingerprint density at radius 3 is 3.05 bits per heavy atom. The molecule has 0 amide bonds. The van der Waals surface area contributed by atoms with Gasteiger partial charge in [0.2, 0.25) is 0 Å². The summed E-state index contributed by atoms with van der Waals surface area (Å²) in [6.45, 7) is 4.71. The zero-order chi connectivity index (χ0) is 14.9. The molecule has 1 aliphatic rings. The second-order valence-corrected chi connectivity index (χ2v) is 6.82. The van der Waals surface area contributed by atoms with Crippen LogP contribution < -0.4 is 10.6 Å². The molecule has 2 rings (SSSR count). The number of nitrogens with one attached hydrogen (secondary N) is 2. The molecule has 2 N–H and O–H groups in total. The van der Waals surface area contributed by atoms with Crippen LogP contribution in [0.3, 0.4) is 0 Å². The van der Waals surface area contributed by atoms with Crippen molar-refractivity contribution in [1.82, 2.24) is 15.6 Å². The SMILES string of the molecule is CCNC(=NCC1CCCS1)NCCc1ccc(Cl)nc1. The van der Waals surface area contributed by atoms with Crippen molar-refractivity contribution in [3.8, 4) is 0 Å². The smallest absolute Gasteiger partial charge is 0.191 e. The summed E-state index contributed by atoms with van der Waals surface area (Å²) in [5.74, 6) is 2.19. The first-order valence-electron chi connectivity index (χ1n) is 7.52. The van der Waals surface area contributed by atoms with E-state index in [1.54, 1.807) is 0 Å². The van der Waals surface area contributed by atoms with Crippen molar-refractivity contribution < 1.29 is 0 Å². The third-order valence-corrected chi connectivity index (χ3v) is 4.92. The summed E-state index contributed by atoms with van der Waals surface area (Å²) < 4.78 is 0. The van der Waals surface area contributed by atoms with Crippen molar-refractivity contribution in [2.45, 2.75) is 31.4 Å². The molecule has 1 aromatic rings. The number of nitrogens with zero attached hydrogens (tertiary/aromatic N) is 2. The predicted octanol–water partition coefficient (Wildman–Crippen LogP) is 2.73. The van der Waals surface area contributed by atoms with Gasteiger partial charge in [0.15, 0.2) is 5.96 Å². The quantitative estimate of drug-likeness (QED) is 0.479. The van der Waals surface area contributed by atoms with Gasteiger partial charge in [-0.2, -0.15) is 11.8 Å². The third kappa shape index (κ3) is 6.14. The molecule has 1 unspecified atom stereocenters. The Bertz CT molecular complexity index is 443. The lowest BCUT2D eigenvalue weighted by Gasteiger charge is -2.12. The number of thioether (sulfide) groups is 1. The number of guanidine groups is 1. The highest BCUT2D eigenvalue weighted by molar-refractivity contribution is 8.00. The number of hydrogen-bond acceptors (Lipinski definition) is 3. The fourth-order valence-corrected chi connectivity index (χ4v) is 3.49. The Hall–Kier alpha value is -0.940. The maximum absolute atomic E-state index is 5.78. The molecule has 0 radical (unpaired) electrons. The van der Waals surface area contributed by atoms with Crippen LogP contribution in [-0.4, -0.2) is 41.6 Å². The van der Waals surface area contributed by atoms with Crippen molar-refractivity contribution in [2.75, 3.05) is 25.4 Å². The van der Waals surface area contributed by atoms with Crippen LogP contribution in [0.4, 0.5) is 0 Å². The molecule has 6 heteroatoms. The maximum Gasteiger partial charge on any atom is 0.191 e. The molecule has 21 heavy (non-hydrogen) atoms. The zero-order valence-electron chi connectivity index (χ0n) is 12.4. The van der Waals surface area contributed by atoms with Crippen LogP contribution in [0.1, 0.15) is 25.3 Å². The van der Waals surface area contributed by atoms with Crippen molar-refractivity contribution in [2.24, 2.45) is 4.99 Å². The Labute approximate surface area is 136 Å². The molecule has 2 heterocycles. The van der Waals surface area contributed by atoms with Gasteiger partial charge in [-0.1, -0.05) is 17.7 Å². The lowest BCUT2D eigenvalue weighted by atomic mass is 10.2. The van der Waals surface area contributed by atoms with E-state index in [1.807, 2.05) is 30.1 Å². The number of rotatable bonds is 6. The zero-order valence-corrected chi connectivity index (χ0v) is 14.0. The lowest BCUT2D eigenvalue weighted by Crippen LogP contribution is -2.38. The highest BCUT2D eigenvalue weighted by Crippen LogP contribution is 2.25. The first kappa shape index (κ1) is 16.4. The van der Waals surface area contributed by atoms with Crippen molar-refractivity contribution in [1.29, 1.82) is 0 Å². The summed E-state index contributed by atoms with van der Waals surface area (Å²) in [5, 5.41) is 7.90. The van der Waals surface area contributed by atoms with Crippen molar-refractivity contribution >= 4 is 29.3 Å². The van der Waals surface area contributed by atoms with Gasteiger partial charge < -0.3 is 10.6 Å². The first-order chi connectivity index (χ1) is 10.3. The van der Waals surface area contributed by atoms with Crippen LogP contribution in [0.25, 0.3) is 0 Å². The molecule has 0 saturated carbocycles. The summed E-state index contributed by atoms with van der Waals surface area (Å²) in [6.07, 6.45) is 5.36. The van der Waals surface area contributed by atoms with E-state index in [1.165, 1.54) is 24.2 Å².